The number of nitrogens with one attached hydrogen (secondary N) is 1. The number of fused-ring (bicyclic) bond motifs is 3. The third kappa shape index (κ3) is 2.27. The van der Waals surface area contributed by atoms with Crippen LogP contribution in [0.5, 0.6) is 5.75 Å². The van der Waals surface area contributed by atoms with Crippen LogP contribution in [0.15, 0.2) is 24.3 Å². The van der Waals surface area contributed by atoms with Gasteiger partial charge in [-0.15, -0.1) is 0 Å². The van der Waals surface area contributed by atoms with Crippen LogP contribution in [-0.4, -0.2) is 51.5 Å². The molecule has 1 N–H and O–H groups in total. The van der Waals surface area contributed by atoms with Crippen LogP contribution in [0.4, 0.5) is 5.69 Å². The number of rotatable bonds is 4. The fraction of sp³-hybridized carbons (Fsp3) is 0.500. The molecule has 3 atom stereocenters. The summed E-state index contributed by atoms with van der Waals surface area (Å²) in [5, 5.41) is 3.08. The van der Waals surface area contributed by atoms with Gasteiger partial charge in [-0.25, -0.2) is 0 Å². The van der Waals surface area contributed by atoms with Crippen molar-refractivity contribution in [2.24, 2.45) is 5.92 Å². The summed E-state index contributed by atoms with van der Waals surface area (Å²) in [6, 6.07) is 7.13. The summed E-state index contributed by atoms with van der Waals surface area (Å²) in [4.78, 5) is 26.8. The molecule has 7 heteroatoms. The van der Waals surface area contributed by atoms with Gasteiger partial charge in [-0.2, -0.15) is 0 Å². The van der Waals surface area contributed by atoms with E-state index in [9.17, 15) is 9.59 Å². The highest BCUT2D eigenvalue weighted by Gasteiger charge is 2.61. The molecule has 1 aromatic carbocycles. The summed E-state index contributed by atoms with van der Waals surface area (Å²) in [6.07, 6.45) is 0.491. The number of carbonyl (C=O) groups is 2. The highest BCUT2D eigenvalue weighted by molar-refractivity contribution is 6.04. The quantitative estimate of drug-likeness (QED) is 0.816. The van der Waals surface area contributed by atoms with Gasteiger partial charge in [0.1, 0.15) is 11.7 Å². The minimum atomic E-state index is -1.37. The van der Waals surface area contributed by atoms with Gasteiger partial charge in [0, 0.05) is 19.3 Å². The van der Waals surface area contributed by atoms with Crippen LogP contribution in [0.3, 0.4) is 0 Å². The molecule has 3 aliphatic rings. The van der Waals surface area contributed by atoms with Gasteiger partial charge in [-0.05, 0) is 30.7 Å². The zero-order chi connectivity index (χ0) is 16.6. The molecule has 1 amide bonds. The average Bonchev–Trinajstić information content (AvgIpc) is 2.61. The number of esters is 1. The maximum absolute atomic E-state index is 13.0. The monoisotopic (exact) mass is 320 g/mol. The third-order valence-corrected chi connectivity index (χ3v) is 4.66. The Bertz CT molecular complexity index is 617. The lowest BCUT2D eigenvalue weighted by Gasteiger charge is -2.54. The SMILES string of the molecule is COC(=O)[C@H]1C[C@@H]2CN[C@@]1(OC)C(=O)N2c1ccc(OC)cc1. The van der Waals surface area contributed by atoms with Gasteiger partial charge >= 0.3 is 5.97 Å². The minimum Gasteiger partial charge on any atom is -0.497 e. The van der Waals surface area contributed by atoms with Crippen molar-refractivity contribution in [2.45, 2.75) is 18.2 Å². The molecule has 23 heavy (non-hydrogen) atoms. The highest BCUT2D eigenvalue weighted by Crippen LogP contribution is 2.40. The number of anilines is 1. The van der Waals surface area contributed by atoms with E-state index >= 15 is 0 Å². The number of amides is 1. The fourth-order valence-electron chi connectivity index (χ4n) is 3.46. The van der Waals surface area contributed by atoms with Gasteiger partial charge in [0.15, 0.2) is 0 Å². The average molecular weight is 320 g/mol. The Morgan fingerprint density at radius 2 is 1.96 bits per heavy atom. The number of carbonyl (C=O) groups excluding carboxylic acids is 2. The van der Waals surface area contributed by atoms with E-state index in [0.29, 0.717) is 13.0 Å². The van der Waals surface area contributed by atoms with Gasteiger partial charge < -0.3 is 19.1 Å². The van der Waals surface area contributed by atoms with E-state index < -0.39 is 17.6 Å². The lowest BCUT2D eigenvalue weighted by molar-refractivity contribution is -0.184. The summed E-state index contributed by atoms with van der Waals surface area (Å²) in [6.45, 7) is 0.555. The molecule has 0 aliphatic carbocycles. The second-order valence-corrected chi connectivity index (χ2v) is 5.66. The van der Waals surface area contributed by atoms with Crippen molar-refractivity contribution in [2.75, 3.05) is 32.8 Å². The molecule has 3 saturated heterocycles. The molecule has 0 unspecified atom stereocenters. The predicted octanol–water partition coefficient (Wildman–Crippen LogP) is 0.536. The Kier molecular flexibility index (Phi) is 3.99. The molecule has 2 bridgehead atoms. The van der Waals surface area contributed by atoms with E-state index in [1.807, 2.05) is 12.1 Å². The van der Waals surface area contributed by atoms with Gasteiger partial charge in [0.2, 0.25) is 5.72 Å². The molecular weight excluding hydrogens is 300 g/mol. The number of ether oxygens (including phenoxy) is 3. The van der Waals surface area contributed by atoms with Crippen LogP contribution in [0, 0.1) is 5.92 Å². The maximum atomic E-state index is 13.0. The van der Waals surface area contributed by atoms with Crippen molar-refractivity contribution < 1.29 is 23.8 Å². The molecular formula is C16H20N2O5. The van der Waals surface area contributed by atoms with Crippen molar-refractivity contribution in [3.63, 3.8) is 0 Å². The Balaban J connectivity index is 1.96. The molecule has 0 radical (unpaired) electrons. The van der Waals surface area contributed by atoms with Crippen LogP contribution in [0.1, 0.15) is 6.42 Å². The second-order valence-electron chi connectivity index (χ2n) is 5.66. The van der Waals surface area contributed by atoms with Crippen LogP contribution >= 0.6 is 0 Å². The standard InChI is InChI=1S/C16H20N2O5/c1-21-12-6-4-10(5-7-12)18-11-8-13(14(19)22-2)16(23-3,15(18)20)17-9-11/h4-7,11,13,17H,8-9H2,1-3H3/t11-,13-,16+/m1/s1. The normalized spacial score (nSPS) is 29.5. The summed E-state index contributed by atoms with van der Waals surface area (Å²) in [7, 11) is 4.34. The molecule has 3 heterocycles. The Morgan fingerprint density at radius 3 is 2.52 bits per heavy atom. The molecule has 1 aromatic rings. The summed E-state index contributed by atoms with van der Waals surface area (Å²) >= 11 is 0. The molecule has 3 fully saturated rings. The predicted molar refractivity (Wildman–Crippen MR) is 82.1 cm³/mol. The van der Waals surface area contributed by atoms with Gasteiger partial charge in [0.25, 0.3) is 5.91 Å². The molecule has 0 spiro atoms. The molecule has 0 saturated carbocycles. The summed E-state index contributed by atoms with van der Waals surface area (Å²) in [5.41, 5.74) is -0.617. The first-order valence-corrected chi connectivity index (χ1v) is 7.43. The van der Waals surface area contributed by atoms with E-state index in [1.54, 1.807) is 24.1 Å². The number of piperazine rings is 1. The van der Waals surface area contributed by atoms with Crippen LogP contribution in [0.2, 0.25) is 0 Å². The lowest BCUT2D eigenvalue weighted by Crippen LogP contribution is -2.78. The topological polar surface area (TPSA) is 77.1 Å². The fourth-order valence-corrected chi connectivity index (χ4v) is 3.46. The van der Waals surface area contributed by atoms with Crippen LogP contribution in [-0.2, 0) is 19.1 Å². The Hall–Kier alpha value is -2.12. The minimum absolute atomic E-state index is 0.128. The molecule has 0 aromatic heterocycles. The summed E-state index contributed by atoms with van der Waals surface area (Å²) in [5.74, 6) is -0.650. The number of hydrogen-bond donors (Lipinski definition) is 1. The van der Waals surface area contributed by atoms with Crippen molar-refractivity contribution in [1.82, 2.24) is 5.32 Å². The van der Waals surface area contributed by atoms with Gasteiger partial charge in [-0.3, -0.25) is 14.9 Å². The number of nitrogens with zero attached hydrogens (tertiary/aromatic N) is 1. The number of piperidine rings is 2. The number of hydrogen-bond acceptors (Lipinski definition) is 6. The van der Waals surface area contributed by atoms with E-state index in [2.05, 4.69) is 5.32 Å². The van der Waals surface area contributed by atoms with Crippen LogP contribution in [0.25, 0.3) is 0 Å². The van der Waals surface area contributed by atoms with E-state index in [1.165, 1.54) is 14.2 Å². The molecule has 3 aliphatic heterocycles. The van der Waals surface area contributed by atoms with Crippen LogP contribution < -0.4 is 15.0 Å². The van der Waals surface area contributed by atoms with Crippen molar-refractivity contribution >= 4 is 17.6 Å². The van der Waals surface area contributed by atoms with E-state index in [-0.39, 0.29) is 11.9 Å². The van der Waals surface area contributed by atoms with E-state index in [0.717, 1.165) is 11.4 Å². The van der Waals surface area contributed by atoms with E-state index in [4.69, 9.17) is 14.2 Å². The first-order valence-electron chi connectivity index (χ1n) is 7.43. The van der Waals surface area contributed by atoms with Crippen molar-refractivity contribution in [3.05, 3.63) is 24.3 Å². The second kappa shape index (κ2) is 5.82. The Labute approximate surface area is 134 Å². The summed E-state index contributed by atoms with van der Waals surface area (Å²) < 4.78 is 15.5. The molecule has 124 valence electrons. The molecule has 4 rings (SSSR count). The van der Waals surface area contributed by atoms with Gasteiger partial charge in [-0.1, -0.05) is 0 Å². The zero-order valence-electron chi connectivity index (χ0n) is 13.4. The Morgan fingerprint density at radius 1 is 1.26 bits per heavy atom. The maximum Gasteiger partial charge on any atom is 0.313 e. The third-order valence-electron chi connectivity index (χ3n) is 4.66. The van der Waals surface area contributed by atoms with Crippen molar-refractivity contribution in [3.8, 4) is 5.75 Å². The van der Waals surface area contributed by atoms with Gasteiger partial charge in [0.05, 0.1) is 20.3 Å². The number of benzene rings is 1. The largest absolute Gasteiger partial charge is 0.497 e. The lowest BCUT2D eigenvalue weighted by atomic mass is 9.78. The smallest absolute Gasteiger partial charge is 0.313 e. The first-order chi connectivity index (χ1) is 11.1. The molecule has 7 nitrogen and oxygen atoms in total. The van der Waals surface area contributed by atoms with Crippen molar-refractivity contribution in [1.29, 1.82) is 0 Å². The highest BCUT2D eigenvalue weighted by atomic mass is 16.5. The zero-order valence-corrected chi connectivity index (χ0v) is 13.4. The number of methoxy groups -OCH3 is 3. The first kappa shape index (κ1) is 15.8.